The van der Waals surface area contributed by atoms with Gasteiger partial charge in [-0.05, 0) is 32.4 Å². The molecule has 0 bridgehead atoms. The highest BCUT2D eigenvalue weighted by atomic mass is 32.2. The zero-order chi connectivity index (χ0) is 13.0. The third kappa shape index (κ3) is 2.99. The topological polar surface area (TPSA) is 33.6 Å². The Morgan fingerprint density at radius 1 is 1.39 bits per heavy atom. The Kier molecular flexibility index (Phi) is 4.17. The van der Waals surface area contributed by atoms with Gasteiger partial charge in [-0.1, -0.05) is 30.8 Å². The number of hydrogen-bond acceptors (Lipinski definition) is 4. The van der Waals surface area contributed by atoms with E-state index >= 15 is 0 Å². The molecular weight excluding hydrogens is 244 g/mol. The molecule has 1 aliphatic heterocycles. The van der Waals surface area contributed by atoms with Gasteiger partial charge in [0.25, 0.3) is 0 Å². The van der Waals surface area contributed by atoms with Gasteiger partial charge in [-0.25, -0.2) is 0 Å². The Bertz CT molecular complexity index is 447. The maximum atomic E-state index is 5.60. The average Bonchev–Trinajstić information content (AvgIpc) is 2.75. The van der Waals surface area contributed by atoms with Crippen molar-refractivity contribution in [1.82, 2.24) is 0 Å². The highest BCUT2D eigenvalue weighted by Crippen LogP contribution is 2.32. The van der Waals surface area contributed by atoms with Crippen LogP contribution < -0.4 is 10.1 Å². The Hall–Kier alpha value is -1.16. The van der Waals surface area contributed by atoms with Crippen LogP contribution in [0.15, 0.2) is 29.3 Å². The summed E-state index contributed by atoms with van der Waals surface area (Å²) in [5.74, 6) is 1.93. The van der Waals surface area contributed by atoms with E-state index in [4.69, 9.17) is 9.73 Å². The number of amidine groups is 1. The van der Waals surface area contributed by atoms with Crippen molar-refractivity contribution in [3.8, 4) is 5.75 Å². The van der Waals surface area contributed by atoms with Crippen LogP contribution in [-0.2, 0) is 0 Å². The molecule has 1 aliphatic rings. The highest BCUT2D eigenvalue weighted by Gasteiger charge is 2.28. The molecule has 0 spiro atoms. The van der Waals surface area contributed by atoms with E-state index in [-0.39, 0.29) is 5.54 Å². The molecule has 1 N–H and O–H groups in total. The van der Waals surface area contributed by atoms with Gasteiger partial charge in [0.2, 0.25) is 0 Å². The minimum Gasteiger partial charge on any atom is -0.492 e. The van der Waals surface area contributed by atoms with Crippen molar-refractivity contribution in [2.45, 2.75) is 32.7 Å². The summed E-state index contributed by atoms with van der Waals surface area (Å²) in [5, 5.41) is 4.36. The van der Waals surface area contributed by atoms with E-state index in [1.807, 2.05) is 31.2 Å². The molecule has 0 radical (unpaired) electrons. The fourth-order valence-electron chi connectivity index (χ4n) is 1.75. The number of nitrogens with one attached hydrogen (secondary N) is 1. The summed E-state index contributed by atoms with van der Waals surface area (Å²) in [6, 6.07) is 7.99. The second kappa shape index (κ2) is 5.65. The van der Waals surface area contributed by atoms with Crippen LogP contribution >= 0.6 is 11.8 Å². The largest absolute Gasteiger partial charge is 0.492 e. The van der Waals surface area contributed by atoms with Crippen molar-refractivity contribution in [3.05, 3.63) is 24.3 Å². The minimum atomic E-state index is 0.0769. The van der Waals surface area contributed by atoms with Gasteiger partial charge < -0.3 is 10.1 Å². The van der Waals surface area contributed by atoms with Crippen LogP contribution in [-0.4, -0.2) is 23.1 Å². The molecule has 3 nitrogen and oxygen atoms in total. The van der Waals surface area contributed by atoms with E-state index in [1.165, 1.54) is 0 Å². The van der Waals surface area contributed by atoms with Crippen LogP contribution in [0.5, 0.6) is 5.75 Å². The molecule has 1 unspecified atom stereocenters. The Morgan fingerprint density at radius 3 is 2.83 bits per heavy atom. The van der Waals surface area contributed by atoms with Gasteiger partial charge in [-0.3, -0.25) is 4.99 Å². The SMILES string of the molecule is CCOc1ccccc1NC1=NC(C)(CC)CS1. The van der Waals surface area contributed by atoms with Crippen LogP contribution in [0.1, 0.15) is 27.2 Å². The van der Waals surface area contributed by atoms with E-state index in [1.54, 1.807) is 11.8 Å². The number of rotatable bonds is 4. The second-order valence-corrected chi connectivity index (χ2v) is 5.57. The van der Waals surface area contributed by atoms with E-state index in [0.29, 0.717) is 6.61 Å². The molecule has 4 heteroatoms. The van der Waals surface area contributed by atoms with E-state index in [2.05, 4.69) is 19.2 Å². The first-order valence-electron chi connectivity index (χ1n) is 6.38. The number of hydrogen-bond donors (Lipinski definition) is 1. The van der Waals surface area contributed by atoms with Crippen LogP contribution in [0.25, 0.3) is 0 Å². The summed E-state index contributed by atoms with van der Waals surface area (Å²) in [6.45, 7) is 7.04. The summed E-state index contributed by atoms with van der Waals surface area (Å²) in [6.07, 6.45) is 1.07. The number of aliphatic imine (C=N–C) groups is 1. The standard InChI is InChI=1S/C14H20N2OS/c1-4-14(3)10-18-13(16-14)15-11-8-6-7-9-12(11)17-5-2/h6-9H,4-5,10H2,1-3H3,(H,15,16). The molecule has 18 heavy (non-hydrogen) atoms. The van der Waals surface area contributed by atoms with Gasteiger partial charge in [0, 0.05) is 5.75 Å². The lowest BCUT2D eigenvalue weighted by Crippen LogP contribution is -2.20. The van der Waals surface area contributed by atoms with Gasteiger partial charge in [0.05, 0.1) is 17.8 Å². The molecule has 0 saturated heterocycles. The lowest BCUT2D eigenvalue weighted by Gasteiger charge is -2.15. The smallest absolute Gasteiger partial charge is 0.161 e. The first-order chi connectivity index (χ1) is 8.67. The molecule has 0 aliphatic carbocycles. The van der Waals surface area contributed by atoms with Crippen molar-refractivity contribution in [2.75, 3.05) is 17.7 Å². The molecule has 2 rings (SSSR count). The first kappa shape index (κ1) is 13.3. The molecule has 0 aromatic heterocycles. The summed E-state index contributed by atoms with van der Waals surface area (Å²) >= 11 is 1.78. The normalized spacial score (nSPS) is 22.7. The van der Waals surface area contributed by atoms with Crippen molar-refractivity contribution in [3.63, 3.8) is 0 Å². The third-order valence-electron chi connectivity index (χ3n) is 3.08. The summed E-state index contributed by atoms with van der Waals surface area (Å²) in [4.78, 5) is 4.75. The van der Waals surface area contributed by atoms with E-state index in [9.17, 15) is 0 Å². The number of nitrogens with zero attached hydrogens (tertiary/aromatic N) is 1. The highest BCUT2D eigenvalue weighted by molar-refractivity contribution is 8.14. The maximum absolute atomic E-state index is 5.60. The molecular formula is C14H20N2OS. The van der Waals surface area contributed by atoms with Gasteiger partial charge in [0.15, 0.2) is 5.17 Å². The van der Waals surface area contributed by atoms with Gasteiger partial charge in [-0.15, -0.1) is 0 Å². The minimum absolute atomic E-state index is 0.0769. The molecule has 1 atom stereocenters. The number of thioether (sulfide) groups is 1. The Balaban J connectivity index is 2.13. The molecule has 0 saturated carbocycles. The monoisotopic (exact) mass is 264 g/mol. The van der Waals surface area contributed by atoms with Gasteiger partial charge >= 0.3 is 0 Å². The maximum Gasteiger partial charge on any atom is 0.161 e. The Morgan fingerprint density at radius 2 is 2.17 bits per heavy atom. The van der Waals surface area contributed by atoms with Crippen LogP contribution in [0, 0.1) is 0 Å². The van der Waals surface area contributed by atoms with E-state index in [0.717, 1.165) is 28.8 Å². The summed E-state index contributed by atoms with van der Waals surface area (Å²) < 4.78 is 5.60. The number of para-hydroxylation sites is 2. The van der Waals surface area contributed by atoms with Crippen LogP contribution in [0.3, 0.4) is 0 Å². The van der Waals surface area contributed by atoms with Crippen LogP contribution in [0.2, 0.25) is 0 Å². The van der Waals surface area contributed by atoms with E-state index < -0.39 is 0 Å². The lowest BCUT2D eigenvalue weighted by molar-refractivity contribution is 0.342. The van der Waals surface area contributed by atoms with Crippen molar-refractivity contribution in [2.24, 2.45) is 4.99 Å². The second-order valence-electron chi connectivity index (χ2n) is 4.61. The van der Waals surface area contributed by atoms with Gasteiger partial charge in [0.1, 0.15) is 5.75 Å². The zero-order valence-corrected chi connectivity index (χ0v) is 12.0. The fourth-order valence-corrected chi connectivity index (χ4v) is 2.93. The molecule has 98 valence electrons. The van der Waals surface area contributed by atoms with Gasteiger partial charge in [-0.2, -0.15) is 0 Å². The van der Waals surface area contributed by atoms with Crippen molar-refractivity contribution < 1.29 is 4.74 Å². The van der Waals surface area contributed by atoms with Crippen LogP contribution in [0.4, 0.5) is 5.69 Å². The lowest BCUT2D eigenvalue weighted by atomic mass is 10.0. The predicted octanol–water partition coefficient (Wildman–Crippen LogP) is 3.77. The first-order valence-corrected chi connectivity index (χ1v) is 7.37. The quantitative estimate of drug-likeness (QED) is 0.898. The third-order valence-corrected chi connectivity index (χ3v) is 4.31. The summed E-state index contributed by atoms with van der Waals surface area (Å²) in [7, 11) is 0. The molecule has 1 aromatic rings. The van der Waals surface area contributed by atoms with Crippen molar-refractivity contribution >= 4 is 22.6 Å². The number of ether oxygens (including phenoxy) is 1. The zero-order valence-electron chi connectivity index (χ0n) is 11.2. The van der Waals surface area contributed by atoms with Crippen molar-refractivity contribution in [1.29, 1.82) is 0 Å². The number of benzene rings is 1. The predicted molar refractivity (Wildman–Crippen MR) is 79.8 cm³/mol. The molecule has 0 amide bonds. The number of anilines is 1. The summed E-state index contributed by atoms with van der Waals surface area (Å²) in [5.41, 5.74) is 1.07. The Labute approximate surface area is 113 Å². The molecule has 1 heterocycles. The molecule has 0 fully saturated rings. The average molecular weight is 264 g/mol. The fraction of sp³-hybridized carbons (Fsp3) is 0.500. The molecule has 1 aromatic carbocycles.